The molecule has 0 radical (unpaired) electrons. The molecule has 1 aromatic heterocycles. The third-order valence-electron chi connectivity index (χ3n) is 4.42. The summed E-state index contributed by atoms with van der Waals surface area (Å²) in [5, 5.41) is 4.25. The normalized spacial score (nSPS) is 10.5. The van der Waals surface area contributed by atoms with Gasteiger partial charge in [0, 0.05) is 25.9 Å². The van der Waals surface area contributed by atoms with Gasteiger partial charge in [-0.15, -0.1) is 0 Å². The van der Waals surface area contributed by atoms with E-state index in [0.29, 0.717) is 17.9 Å². The highest BCUT2D eigenvalue weighted by molar-refractivity contribution is 5.84. The molecule has 6 heteroatoms. The molecule has 0 spiro atoms. The standard InChI is InChI=1S/C22H23N3O3/c1-16-9-18(20-11-23-25(12-20)13-21(27)24(2)3)10-19(14-26)22(16)28-15-17-7-5-4-6-8-17/h4-12,14H,13,15H2,1-3H3. The van der Waals surface area contributed by atoms with E-state index in [9.17, 15) is 9.59 Å². The molecule has 0 aliphatic rings. The number of carbonyl (C=O) groups is 2. The molecule has 0 saturated heterocycles. The lowest BCUT2D eigenvalue weighted by atomic mass is 10.0. The van der Waals surface area contributed by atoms with Gasteiger partial charge < -0.3 is 9.64 Å². The zero-order chi connectivity index (χ0) is 20.1. The topological polar surface area (TPSA) is 64.4 Å². The van der Waals surface area contributed by atoms with Crippen molar-refractivity contribution < 1.29 is 14.3 Å². The smallest absolute Gasteiger partial charge is 0.243 e. The van der Waals surface area contributed by atoms with Crippen molar-refractivity contribution in [1.82, 2.24) is 14.7 Å². The van der Waals surface area contributed by atoms with Crippen molar-refractivity contribution in [3.05, 3.63) is 71.5 Å². The van der Waals surface area contributed by atoms with Crippen LogP contribution >= 0.6 is 0 Å². The summed E-state index contributed by atoms with van der Waals surface area (Å²) < 4.78 is 7.51. The first-order valence-corrected chi connectivity index (χ1v) is 8.97. The van der Waals surface area contributed by atoms with Crippen molar-refractivity contribution in [2.24, 2.45) is 0 Å². The van der Waals surface area contributed by atoms with Gasteiger partial charge >= 0.3 is 0 Å². The number of ether oxygens (including phenoxy) is 1. The number of nitrogens with zero attached hydrogens (tertiary/aromatic N) is 3. The van der Waals surface area contributed by atoms with E-state index in [-0.39, 0.29) is 12.5 Å². The Kier molecular flexibility index (Phi) is 5.89. The second kappa shape index (κ2) is 8.52. The quantitative estimate of drug-likeness (QED) is 0.593. The van der Waals surface area contributed by atoms with Gasteiger partial charge in [-0.2, -0.15) is 5.10 Å². The summed E-state index contributed by atoms with van der Waals surface area (Å²) in [5.41, 5.74) is 4.09. The fourth-order valence-corrected chi connectivity index (χ4v) is 2.86. The van der Waals surface area contributed by atoms with Crippen molar-refractivity contribution in [1.29, 1.82) is 0 Å². The summed E-state index contributed by atoms with van der Waals surface area (Å²) in [6.45, 7) is 2.48. The molecule has 0 aliphatic carbocycles. The maximum absolute atomic E-state index is 11.8. The molecule has 0 saturated carbocycles. The van der Waals surface area contributed by atoms with E-state index in [1.165, 1.54) is 4.90 Å². The Morgan fingerprint density at radius 2 is 1.93 bits per heavy atom. The minimum Gasteiger partial charge on any atom is -0.488 e. The van der Waals surface area contributed by atoms with Gasteiger partial charge in [0.15, 0.2) is 6.29 Å². The number of hydrogen-bond acceptors (Lipinski definition) is 4. The lowest BCUT2D eigenvalue weighted by Crippen LogP contribution is -2.26. The zero-order valence-electron chi connectivity index (χ0n) is 16.3. The maximum Gasteiger partial charge on any atom is 0.243 e. The molecule has 0 bridgehead atoms. The van der Waals surface area contributed by atoms with E-state index >= 15 is 0 Å². The number of aldehydes is 1. The van der Waals surface area contributed by atoms with Gasteiger partial charge in [0.1, 0.15) is 18.9 Å². The highest BCUT2D eigenvalue weighted by atomic mass is 16.5. The average Bonchev–Trinajstić information content (AvgIpc) is 3.15. The molecule has 0 N–H and O–H groups in total. The number of aryl methyl sites for hydroxylation is 1. The third-order valence-corrected chi connectivity index (χ3v) is 4.42. The Morgan fingerprint density at radius 1 is 1.18 bits per heavy atom. The van der Waals surface area contributed by atoms with Gasteiger partial charge in [-0.3, -0.25) is 14.3 Å². The monoisotopic (exact) mass is 377 g/mol. The minimum absolute atomic E-state index is 0.0379. The van der Waals surface area contributed by atoms with Gasteiger partial charge in [-0.25, -0.2) is 0 Å². The summed E-state index contributed by atoms with van der Waals surface area (Å²) in [4.78, 5) is 25.0. The lowest BCUT2D eigenvalue weighted by molar-refractivity contribution is -0.129. The predicted molar refractivity (Wildman–Crippen MR) is 107 cm³/mol. The van der Waals surface area contributed by atoms with Crippen molar-refractivity contribution >= 4 is 12.2 Å². The first-order valence-electron chi connectivity index (χ1n) is 8.97. The first-order chi connectivity index (χ1) is 13.5. The number of rotatable bonds is 7. The summed E-state index contributed by atoms with van der Waals surface area (Å²) >= 11 is 0. The fraction of sp³-hybridized carbons (Fsp3) is 0.227. The molecular formula is C22H23N3O3. The van der Waals surface area contributed by atoms with Crippen molar-refractivity contribution in [3.63, 3.8) is 0 Å². The van der Waals surface area contributed by atoms with Gasteiger partial charge in [-0.1, -0.05) is 30.3 Å². The molecule has 1 amide bonds. The van der Waals surface area contributed by atoms with Crippen molar-refractivity contribution in [2.45, 2.75) is 20.1 Å². The third kappa shape index (κ3) is 4.46. The van der Waals surface area contributed by atoms with E-state index in [4.69, 9.17) is 4.74 Å². The molecule has 1 heterocycles. The van der Waals surface area contributed by atoms with E-state index in [0.717, 1.165) is 28.5 Å². The van der Waals surface area contributed by atoms with E-state index in [1.807, 2.05) is 43.3 Å². The molecule has 6 nitrogen and oxygen atoms in total. The molecule has 3 rings (SSSR count). The van der Waals surface area contributed by atoms with Crippen molar-refractivity contribution in [3.8, 4) is 16.9 Å². The predicted octanol–water partition coefficient (Wildman–Crippen LogP) is 3.34. The average molecular weight is 377 g/mol. The Bertz CT molecular complexity index is 978. The van der Waals surface area contributed by atoms with Crippen LogP contribution in [-0.2, 0) is 17.9 Å². The Hall–Kier alpha value is -3.41. The number of likely N-dealkylation sites (N-methyl/N-ethyl adjacent to an activating group) is 1. The fourth-order valence-electron chi connectivity index (χ4n) is 2.86. The van der Waals surface area contributed by atoms with Crippen LogP contribution in [0, 0.1) is 6.92 Å². The van der Waals surface area contributed by atoms with E-state index in [1.54, 1.807) is 37.2 Å². The van der Waals surface area contributed by atoms with Crippen LogP contribution in [0.15, 0.2) is 54.9 Å². The molecule has 0 fully saturated rings. The van der Waals surface area contributed by atoms with E-state index in [2.05, 4.69) is 5.10 Å². The van der Waals surface area contributed by atoms with E-state index < -0.39 is 0 Å². The van der Waals surface area contributed by atoms with Gasteiger partial charge in [0.05, 0.1) is 11.8 Å². The summed E-state index contributed by atoms with van der Waals surface area (Å²) in [5.74, 6) is 0.543. The summed E-state index contributed by atoms with van der Waals surface area (Å²) in [6, 6.07) is 13.6. The summed E-state index contributed by atoms with van der Waals surface area (Å²) in [6.07, 6.45) is 4.29. The SMILES string of the molecule is Cc1cc(-c2cnn(CC(=O)N(C)C)c2)cc(C=O)c1OCc1ccccc1. The number of carbonyl (C=O) groups excluding carboxylic acids is 2. The Morgan fingerprint density at radius 3 is 2.61 bits per heavy atom. The first kappa shape index (κ1) is 19.4. The highest BCUT2D eigenvalue weighted by Crippen LogP contribution is 2.30. The zero-order valence-corrected chi connectivity index (χ0v) is 16.3. The van der Waals surface area contributed by atoms with Gasteiger partial charge in [0.2, 0.25) is 5.91 Å². The van der Waals surface area contributed by atoms with Crippen LogP contribution in [-0.4, -0.2) is 41.0 Å². The second-order valence-corrected chi connectivity index (χ2v) is 6.82. The van der Waals surface area contributed by atoms with Crippen LogP contribution in [0.2, 0.25) is 0 Å². The van der Waals surface area contributed by atoms with Crippen molar-refractivity contribution in [2.75, 3.05) is 14.1 Å². The number of benzene rings is 2. The molecule has 0 unspecified atom stereocenters. The second-order valence-electron chi connectivity index (χ2n) is 6.82. The Labute approximate surface area is 164 Å². The molecule has 144 valence electrons. The van der Waals surface area contributed by atoms with Crippen LogP contribution in [0.1, 0.15) is 21.5 Å². The van der Waals surface area contributed by atoms with Crippen LogP contribution in [0.25, 0.3) is 11.1 Å². The molecule has 28 heavy (non-hydrogen) atoms. The maximum atomic E-state index is 11.8. The van der Waals surface area contributed by atoms with Crippen LogP contribution in [0.3, 0.4) is 0 Å². The van der Waals surface area contributed by atoms with Crippen LogP contribution < -0.4 is 4.74 Å². The lowest BCUT2D eigenvalue weighted by Gasteiger charge is -2.13. The van der Waals surface area contributed by atoms with Gasteiger partial charge in [0.25, 0.3) is 0 Å². The Balaban J connectivity index is 1.82. The highest BCUT2D eigenvalue weighted by Gasteiger charge is 2.13. The molecule has 0 aliphatic heterocycles. The van der Waals surface area contributed by atoms with Crippen LogP contribution in [0.4, 0.5) is 0 Å². The van der Waals surface area contributed by atoms with Gasteiger partial charge in [-0.05, 0) is 35.7 Å². The van der Waals surface area contributed by atoms with Crippen LogP contribution in [0.5, 0.6) is 5.75 Å². The molecule has 2 aromatic carbocycles. The molecular weight excluding hydrogens is 354 g/mol. The minimum atomic E-state index is -0.0379. The summed E-state index contributed by atoms with van der Waals surface area (Å²) in [7, 11) is 3.42. The largest absolute Gasteiger partial charge is 0.488 e. The number of hydrogen-bond donors (Lipinski definition) is 0. The number of amides is 1. The molecule has 3 aromatic rings. The number of aromatic nitrogens is 2. The molecule has 0 atom stereocenters.